The molecule has 1 aromatic carbocycles. The molecule has 2 nitrogen and oxygen atoms in total. The summed E-state index contributed by atoms with van der Waals surface area (Å²) in [4.78, 5) is 0. The maximum Gasteiger partial charge on any atom is 0.416 e. The van der Waals surface area contributed by atoms with E-state index in [-0.39, 0.29) is 10.7 Å². The number of hydrogen-bond donors (Lipinski definition) is 1. The monoisotopic (exact) mass is 288 g/mol. The van der Waals surface area contributed by atoms with Gasteiger partial charge in [0.15, 0.2) is 0 Å². The lowest BCUT2D eigenvalue weighted by Crippen LogP contribution is -2.05. The van der Waals surface area contributed by atoms with Gasteiger partial charge in [0, 0.05) is 0 Å². The zero-order chi connectivity index (χ0) is 14.0. The minimum atomic E-state index is -4.39. The van der Waals surface area contributed by atoms with E-state index in [9.17, 15) is 13.2 Å². The highest BCUT2D eigenvalue weighted by Gasteiger charge is 2.30. The predicted molar refractivity (Wildman–Crippen MR) is 70.5 cm³/mol. The van der Waals surface area contributed by atoms with Crippen LogP contribution in [0.25, 0.3) is 0 Å². The second kappa shape index (κ2) is 5.25. The number of anilines is 1. The van der Waals surface area contributed by atoms with Crippen LogP contribution in [0.3, 0.4) is 0 Å². The molecule has 0 radical (unpaired) electrons. The lowest BCUT2D eigenvalue weighted by Gasteiger charge is -2.10. The number of hydrogen-bond acceptors (Lipinski definition) is 2. The third-order valence-electron chi connectivity index (χ3n) is 2.80. The minimum Gasteiger partial charge on any atom is -0.277 e. The first-order valence-corrected chi connectivity index (χ1v) is 6.10. The Balaban J connectivity index is 2.21. The molecule has 1 aliphatic carbocycles. The fraction of sp³-hybridized carbons (Fsp3) is 0.308. The summed E-state index contributed by atoms with van der Waals surface area (Å²) in [6.45, 7) is 1.99. The lowest BCUT2D eigenvalue weighted by molar-refractivity contribution is -0.137. The van der Waals surface area contributed by atoms with E-state index in [0.717, 1.165) is 30.7 Å². The summed E-state index contributed by atoms with van der Waals surface area (Å²) in [6, 6.07) is 3.11. The van der Waals surface area contributed by atoms with E-state index in [4.69, 9.17) is 11.6 Å². The van der Waals surface area contributed by atoms with Crippen LogP contribution in [0, 0.1) is 0 Å². The van der Waals surface area contributed by atoms with Crippen LogP contribution in [-0.2, 0) is 6.18 Å². The number of alkyl halides is 3. The smallest absolute Gasteiger partial charge is 0.277 e. The van der Waals surface area contributed by atoms with E-state index in [1.165, 1.54) is 11.6 Å². The van der Waals surface area contributed by atoms with Crippen molar-refractivity contribution in [1.29, 1.82) is 0 Å². The molecule has 0 heterocycles. The molecule has 6 heteroatoms. The highest BCUT2D eigenvalue weighted by molar-refractivity contribution is 6.33. The van der Waals surface area contributed by atoms with Crippen LogP contribution in [0.5, 0.6) is 0 Å². The van der Waals surface area contributed by atoms with Crippen molar-refractivity contribution < 1.29 is 13.2 Å². The Morgan fingerprint density at radius 1 is 1.26 bits per heavy atom. The molecule has 0 fully saturated rings. The van der Waals surface area contributed by atoms with E-state index < -0.39 is 11.7 Å². The average molecular weight is 289 g/mol. The predicted octanol–water partition coefficient (Wildman–Crippen LogP) is 4.87. The van der Waals surface area contributed by atoms with Crippen molar-refractivity contribution in [2.45, 2.75) is 25.9 Å². The molecule has 0 spiro atoms. The molecule has 1 N–H and O–H groups in total. The van der Waals surface area contributed by atoms with Crippen LogP contribution in [0.4, 0.5) is 18.9 Å². The highest BCUT2D eigenvalue weighted by atomic mass is 35.5. The number of hydrazone groups is 1. The molecule has 0 bridgehead atoms. The first kappa shape index (κ1) is 13.9. The summed E-state index contributed by atoms with van der Waals surface area (Å²) < 4.78 is 37.7. The Kier molecular flexibility index (Phi) is 3.85. The molecule has 0 saturated heterocycles. The SMILES string of the molecule is CC1=C/C(=N\Nc2cc(C(F)(F)F)ccc2Cl)CC1. The van der Waals surface area contributed by atoms with Crippen molar-refractivity contribution >= 4 is 23.0 Å². The maximum absolute atomic E-state index is 12.6. The summed E-state index contributed by atoms with van der Waals surface area (Å²) >= 11 is 5.85. The standard InChI is InChI=1S/C13H12ClF3N2/c1-8-2-4-10(6-8)18-19-12-7-9(13(15,16)17)3-5-11(12)14/h3,5-7,19H,2,4H2,1H3/b18-10-. The number of nitrogens with zero attached hydrogens (tertiary/aromatic N) is 1. The summed E-state index contributed by atoms with van der Waals surface area (Å²) in [5, 5.41) is 4.27. The average Bonchev–Trinajstić information content (AvgIpc) is 2.72. The molecule has 102 valence electrons. The van der Waals surface area contributed by atoms with E-state index in [1.807, 2.05) is 13.0 Å². The van der Waals surface area contributed by atoms with Gasteiger partial charge in [0.25, 0.3) is 0 Å². The summed E-state index contributed by atoms with van der Waals surface area (Å²) in [5.74, 6) is 0. The van der Waals surface area contributed by atoms with Gasteiger partial charge in [0.05, 0.1) is 22.0 Å². The molecule has 0 aliphatic heterocycles. The van der Waals surface area contributed by atoms with Crippen LogP contribution in [0.1, 0.15) is 25.3 Å². The summed E-state index contributed by atoms with van der Waals surface area (Å²) in [7, 11) is 0. The Hall–Kier alpha value is -1.49. The van der Waals surface area contributed by atoms with E-state index >= 15 is 0 Å². The Morgan fingerprint density at radius 3 is 2.58 bits per heavy atom. The van der Waals surface area contributed by atoms with Gasteiger partial charge in [-0.1, -0.05) is 17.2 Å². The third-order valence-corrected chi connectivity index (χ3v) is 3.13. The van der Waals surface area contributed by atoms with Crippen molar-refractivity contribution in [3.63, 3.8) is 0 Å². The van der Waals surface area contributed by atoms with Gasteiger partial charge < -0.3 is 0 Å². The van der Waals surface area contributed by atoms with Crippen LogP contribution in [-0.4, -0.2) is 5.71 Å². The summed E-state index contributed by atoms with van der Waals surface area (Å²) in [6.07, 6.45) is -0.765. The van der Waals surface area contributed by atoms with Gasteiger partial charge in [-0.05, 0) is 44.0 Å². The molecular weight excluding hydrogens is 277 g/mol. The molecule has 0 unspecified atom stereocenters. The molecule has 1 aliphatic rings. The molecule has 1 aromatic rings. The van der Waals surface area contributed by atoms with E-state index in [1.54, 1.807) is 0 Å². The fourth-order valence-corrected chi connectivity index (χ4v) is 1.92. The minimum absolute atomic E-state index is 0.155. The Bertz CT molecular complexity index is 547. The topological polar surface area (TPSA) is 24.4 Å². The van der Waals surface area contributed by atoms with Crippen LogP contribution >= 0.6 is 11.6 Å². The quantitative estimate of drug-likeness (QED) is 0.772. The Labute approximate surface area is 114 Å². The zero-order valence-electron chi connectivity index (χ0n) is 10.2. The zero-order valence-corrected chi connectivity index (χ0v) is 10.9. The van der Waals surface area contributed by atoms with Crippen LogP contribution in [0.2, 0.25) is 5.02 Å². The molecule has 0 aromatic heterocycles. The number of halogens is 4. The fourth-order valence-electron chi connectivity index (χ4n) is 1.76. The van der Waals surface area contributed by atoms with E-state index in [0.29, 0.717) is 0 Å². The van der Waals surface area contributed by atoms with Gasteiger partial charge >= 0.3 is 6.18 Å². The largest absolute Gasteiger partial charge is 0.416 e. The van der Waals surface area contributed by atoms with Gasteiger partial charge in [0.2, 0.25) is 0 Å². The second-order valence-electron chi connectivity index (χ2n) is 4.40. The maximum atomic E-state index is 12.6. The van der Waals surface area contributed by atoms with Crippen molar-refractivity contribution in [2.24, 2.45) is 5.10 Å². The van der Waals surface area contributed by atoms with Gasteiger partial charge in [-0.2, -0.15) is 18.3 Å². The number of nitrogens with one attached hydrogen (secondary N) is 1. The normalized spacial score (nSPS) is 17.7. The number of allylic oxidation sites excluding steroid dienone is 2. The molecule has 2 rings (SSSR count). The summed E-state index contributed by atoms with van der Waals surface area (Å²) in [5.41, 5.74) is 4.02. The van der Waals surface area contributed by atoms with Gasteiger partial charge in [-0.15, -0.1) is 0 Å². The third kappa shape index (κ3) is 3.50. The van der Waals surface area contributed by atoms with Gasteiger partial charge in [-0.3, -0.25) is 5.43 Å². The van der Waals surface area contributed by atoms with Crippen molar-refractivity contribution in [3.05, 3.63) is 40.4 Å². The van der Waals surface area contributed by atoms with Crippen LogP contribution < -0.4 is 5.43 Å². The van der Waals surface area contributed by atoms with Gasteiger partial charge in [0.1, 0.15) is 0 Å². The Morgan fingerprint density at radius 2 is 2.00 bits per heavy atom. The molecule has 0 amide bonds. The van der Waals surface area contributed by atoms with Crippen molar-refractivity contribution in [2.75, 3.05) is 5.43 Å². The number of rotatable bonds is 2. The molecule has 0 atom stereocenters. The molecule has 0 saturated carbocycles. The van der Waals surface area contributed by atoms with Crippen molar-refractivity contribution in [1.82, 2.24) is 0 Å². The number of benzene rings is 1. The second-order valence-corrected chi connectivity index (χ2v) is 4.81. The van der Waals surface area contributed by atoms with Crippen LogP contribution in [0.15, 0.2) is 34.9 Å². The van der Waals surface area contributed by atoms with E-state index in [2.05, 4.69) is 10.5 Å². The van der Waals surface area contributed by atoms with Gasteiger partial charge in [-0.25, -0.2) is 0 Å². The highest BCUT2D eigenvalue weighted by Crippen LogP contribution is 2.33. The first-order chi connectivity index (χ1) is 8.86. The van der Waals surface area contributed by atoms with Crippen molar-refractivity contribution in [3.8, 4) is 0 Å². The molecular formula is C13H12ClF3N2. The first-order valence-electron chi connectivity index (χ1n) is 5.73. The molecule has 19 heavy (non-hydrogen) atoms. The lowest BCUT2D eigenvalue weighted by atomic mass is 10.2.